The van der Waals surface area contributed by atoms with Gasteiger partial charge in [0.05, 0.1) is 22.3 Å². The Morgan fingerprint density at radius 2 is 1.59 bits per heavy atom. The van der Waals surface area contributed by atoms with Crippen molar-refractivity contribution in [3.63, 3.8) is 0 Å². The number of nitriles is 1. The molecule has 0 bridgehead atoms. The van der Waals surface area contributed by atoms with Crippen LogP contribution in [0.2, 0.25) is 0 Å². The molecular weight excluding hydrogens is 568 g/mol. The SMILES string of the molecule is N#Cc1cc2c(nc1SC(C(=O)Nc1ccc(-c3cc(C(=O)O)c4ccccc4n3)cc1)c1ccccc1)CCCCCC2. The van der Waals surface area contributed by atoms with E-state index in [4.69, 9.17) is 4.98 Å². The third-order valence-electron chi connectivity index (χ3n) is 7.85. The van der Waals surface area contributed by atoms with E-state index in [-0.39, 0.29) is 11.5 Å². The van der Waals surface area contributed by atoms with Gasteiger partial charge in [0.2, 0.25) is 5.91 Å². The molecule has 8 heteroatoms. The Hall–Kier alpha value is -5.00. The molecule has 1 aliphatic carbocycles. The summed E-state index contributed by atoms with van der Waals surface area (Å²) in [5.41, 5.74) is 6.11. The number of nitrogens with zero attached hydrogens (tertiary/aromatic N) is 3. The van der Waals surface area contributed by atoms with Gasteiger partial charge in [-0.15, -0.1) is 0 Å². The molecule has 0 radical (unpaired) electrons. The molecule has 3 aromatic carbocycles. The number of aromatic carboxylic acids is 1. The Balaban J connectivity index is 1.27. The van der Waals surface area contributed by atoms with E-state index < -0.39 is 11.2 Å². The summed E-state index contributed by atoms with van der Waals surface area (Å²) in [5, 5.41) is 23.3. The van der Waals surface area contributed by atoms with Gasteiger partial charge in [0.15, 0.2) is 0 Å². The number of carboxylic acid groups (broad SMARTS) is 1. The normalized spacial score (nSPS) is 13.6. The van der Waals surface area contributed by atoms with Gasteiger partial charge in [-0.3, -0.25) is 4.79 Å². The van der Waals surface area contributed by atoms with E-state index >= 15 is 0 Å². The van der Waals surface area contributed by atoms with Gasteiger partial charge in [-0.1, -0.05) is 85.3 Å². The van der Waals surface area contributed by atoms with E-state index in [1.54, 1.807) is 36.4 Å². The van der Waals surface area contributed by atoms with E-state index in [0.717, 1.165) is 48.1 Å². The minimum atomic E-state index is -1.02. The summed E-state index contributed by atoms with van der Waals surface area (Å²) in [7, 11) is 0. The molecule has 0 saturated heterocycles. The van der Waals surface area contributed by atoms with Crippen LogP contribution in [0.1, 0.15) is 63.7 Å². The van der Waals surface area contributed by atoms with Gasteiger partial charge < -0.3 is 10.4 Å². The first-order valence-electron chi connectivity index (χ1n) is 14.7. The molecular formula is C36H30N4O3S. The van der Waals surface area contributed by atoms with Crippen molar-refractivity contribution in [2.75, 3.05) is 5.32 Å². The van der Waals surface area contributed by atoms with Crippen molar-refractivity contribution in [1.29, 1.82) is 5.26 Å². The van der Waals surface area contributed by atoms with Crippen molar-refractivity contribution in [2.45, 2.75) is 48.8 Å². The maximum absolute atomic E-state index is 13.8. The number of para-hydroxylation sites is 1. The largest absolute Gasteiger partial charge is 0.478 e. The minimum absolute atomic E-state index is 0.185. The molecule has 6 rings (SSSR count). The molecule has 1 aliphatic rings. The van der Waals surface area contributed by atoms with Gasteiger partial charge in [0.1, 0.15) is 16.3 Å². The van der Waals surface area contributed by atoms with Gasteiger partial charge in [-0.2, -0.15) is 5.26 Å². The van der Waals surface area contributed by atoms with Crippen LogP contribution < -0.4 is 5.32 Å². The predicted octanol–water partition coefficient (Wildman–Crippen LogP) is 8.00. The molecule has 0 spiro atoms. The number of rotatable bonds is 7. The predicted molar refractivity (Wildman–Crippen MR) is 173 cm³/mol. The zero-order chi connectivity index (χ0) is 30.5. The van der Waals surface area contributed by atoms with Crippen LogP contribution in [-0.4, -0.2) is 27.0 Å². The second-order valence-corrected chi connectivity index (χ2v) is 11.9. The highest BCUT2D eigenvalue weighted by Gasteiger charge is 2.25. The summed E-state index contributed by atoms with van der Waals surface area (Å²) in [6.07, 6.45) is 6.33. The van der Waals surface area contributed by atoms with Crippen LogP contribution in [0.25, 0.3) is 22.2 Å². The molecule has 2 heterocycles. The zero-order valence-electron chi connectivity index (χ0n) is 24.0. The van der Waals surface area contributed by atoms with Crippen LogP contribution in [0, 0.1) is 11.3 Å². The first-order valence-corrected chi connectivity index (χ1v) is 15.6. The van der Waals surface area contributed by atoms with Crippen LogP contribution in [0.5, 0.6) is 0 Å². The monoisotopic (exact) mass is 598 g/mol. The molecule has 1 atom stereocenters. The lowest BCUT2D eigenvalue weighted by atomic mass is 9.96. The molecule has 2 N–H and O–H groups in total. The molecule has 0 aliphatic heterocycles. The number of nitrogens with one attached hydrogen (secondary N) is 1. The number of amides is 1. The van der Waals surface area contributed by atoms with E-state index in [1.807, 2.05) is 54.6 Å². The fourth-order valence-electron chi connectivity index (χ4n) is 5.58. The average Bonchev–Trinajstić information content (AvgIpc) is 3.04. The number of aromatic nitrogens is 2. The fourth-order valence-corrected chi connectivity index (χ4v) is 6.66. The van der Waals surface area contributed by atoms with Gasteiger partial charge in [-0.05, 0) is 67.1 Å². The third kappa shape index (κ3) is 6.34. The topological polar surface area (TPSA) is 116 Å². The summed E-state index contributed by atoms with van der Waals surface area (Å²) in [6, 6.07) is 29.7. The summed E-state index contributed by atoms with van der Waals surface area (Å²) < 4.78 is 0. The maximum atomic E-state index is 13.8. The first kappa shape index (κ1) is 29.1. The van der Waals surface area contributed by atoms with Gasteiger partial charge in [0.25, 0.3) is 0 Å². The van der Waals surface area contributed by atoms with Crippen molar-refractivity contribution >= 4 is 40.2 Å². The number of benzene rings is 3. The lowest BCUT2D eigenvalue weighted by Gasteiger charge is -2.19. The van der Waals surface area contributed by atoms with Crippen LogP contribution in [0.3, 0.4) is 0 Å². The number of anilines is 1. The number of thioether (sulfide) groups is 1. The van der Waals surface area contributed by atoms with E-state index in [2.05, 4.69) is 16.4 Å². The second kappa shape index (κ2) is 13.1. The third-order valence-corrected chi connectivity index (χ3v) is 9.11. The summed E-state index contributed by atoms with van der Waals surface area (Å²) >= 11 is 1.30. The molecule has 0 saturated carbocycles. The van der Waals surface area contributed by atoms with Crippen LogP contribution in [-0.2, 0) is 17.6 Å². The Bertz CT molecular complexity index is 1880. The molecule has 1 amide bonds. The van der Waals surface area contributed by atoms with Crippen molar-refractivity contribution in [3.05, 3.63) is 119 Å². The highest BCUT2D eigenvalue weighted by Crippen LogP contribution is 2.38. The van der Waals surface area contributed by atoms with Crippen molar-refractivity contribution in [1.82, 2.24) is 9.97 Å². The number of aryl methyl sites for hydroxylation is 2. The molecule has 5 aromatic rings. The van der Waals surface area contributed by atoms with Crippen LogP contribution in [0.4, 0.5) is 5.69 Å². The number of carbonyl (C=O) groups is 2. The first-order chi connectivity index (χ1) is 21.5. The summed E-state index contributed by atoms with van der Waals surface area (Å²) in [4.78, 5) is 35.3. The number of pyridine rings is 2. The molecule has 1 unspecified atom stereocenters. The van der Waals surface area contributed by atoms with Crippen LogP contribution in [0.15, 0.2) is 96.0 Å². The Morgan fingerprint density at radius 3 is 2.34 bits per heavy atom. The molecule has 0 fully saturated rings. The number of hydrogen-bond donors (Lipinski definition) is 2. The lowest BCUT2D eigenvalue weighted by molar-refractivity contribution is -0.115. The van der Waals surface area contributed by atoms with Crippen molar-refractivity contribution < 1.29 is 14.7 Å². The average molecular weight is 599 g/mol. The number of carbonyl (C=O) groups excluding carboxylic acids is 1. The quantitative estimate of drug-likeness (QED) is 0.182. The zero-order valence-corrected chi connectivity index (χ0v) is 24.8. The summed E-state index contributed by atoms with van der Waals surface area (Å²) in [5.74, 6) is -1.25. The van der Waals surface area contributed by atoms with Gasteiger partial charge in [0, 0.05) is 22.3 Å². The standard InChI is InChI=1S/C36H30N4O3S/c37-22-26-20-25-12-4-1-2-7-14-30(25)40-35(26)44-33(24-10-5-3-6-11-24)34(41)38-27-18-16-23(17-19-27)32-21-29(36(42)43)28-13-8-9-15-31(28)39-32/h3,5-6,8-11,13,15-21,33H,1-2,4,7,12,14H2,(H,38,41)(H,42,43). The van der Waals surface area contributed by atoms with Crippen molar-refractivity contribution in [3.8, 4) is 17.3 Å². The smallest absolute Gasteiger partial charge is 0.336 e. The highest BCUT2D eigenvalue weighted by molar-refractivity contribution is 8.00. The van der Waals surface area contributed by atoms with E-state index in [9.17, 15) is 20.0 Å². The minimum Gasteiger partial charge on any atom is -0.478 e. The van der Waals surface area contributed by atoms with Gasteiger partial charge >= 0.3 is 5.97 Å². The number of carboxylic acids is 1. The van der Waals surface area contributed by atoms with E-state index in [0.29, 0.717) is 32.9 Å². The number of hydrogen-bond acceptors (Lipinski definition) is 6. The fraction of sp³-hybridized carbons (Fsp3) is 0.194. The second-order valence-electron chi connectivity index (χ2n) is 10.8. The van der Waals surface area contributed by atoms with Gasteiger partial charge in [-0.25, -0.2) is 14.8 Å². The maximum Gasteiger partial charge on any atom is 0.336 e. The molecule has 44 heavy (non-hydrogen) atoms. The number of fused-ring (bicyclic) bond motifs is 2. The van der Waals surface area contributed by atoms with Crippen LogP contribution >= 0.6 is 11.8 Å². The lowest BCUT2D eigenvalue weighted by Crippen LogP contribution is -2.19. The van der Waals surface area contributed by atoms with Crippen molar-refractivity contribution in [2.24, 2.45) is 0 Å². The molecule has 218 valence electrons. The Labute approximate surface area is 260 Å². The molecule has 2 aromatic heterocycles. The van der Waals surface area contributed by atoms with E-state index in [1.165, 1.54) is 24.6 Å². The summed E-state index contributed by atoms with van der Waals surface area (Å²) in [6.45, 7) is 0. The molecule has 7 nitrogen and oxygen atoms in total. The Morgan fingerprint density at radius 1 is 0.864 bits per heavy atom. The highest BCUT2D eigenvalue weighted by atomic mass is 32.2. The Kier molecular flexibility index (Phi) is 8.67.